The summed E-state index contributed by atoms with van der Waals surface area (Å²) in [6, 6.07) is 2.18. The van der Waals surface area contributed by atoms with E-state index in [-0.39, 0.29) is 5.56 Å². The molecule has 1 N–H and O–H groups in total. The minimum atomic E-state index is 0.0748. The Labute approximate surface area is 102 Å². The average molecular weight is 235 g/mol. The van der Waals surface area contributed by atoms with Crippen LogP contribution in [0.25, 0.3) is 0 Å². The molecule has 2 rings (SSSR count). The molecular weight excluding hydrogens is 214 g/mol. The van der Waals surface area contributed by atoms with Gasteiger partial charge in [-0.1, -0.05) is 6.42 Å². The zero-order valence-corrected chi connectivity index (χ0v) is 10.7. The summed E-state index contributed by atoms with van der Waals surface area (Å²) in [7, 11) is 0. The van der Waals surface area contributed by atoms with Gasteiger partial charge in [-0.05, 0) is 39.7 Å². The highest BCUT2D eigenvalue weighted by molar-refractivity contribution is 5.01. The summed E-state index contributed by atoms with van der Waals surface area (Å²) in [6.45, 7) is 5.66. The fourth-order valence-electron chi connectivity index (χ4n) is 2.49. The lowest BCUT2D eigenvalue weighted by Crippen LogP contribution is -2.36. The van der Waals surface area contributed by atoms with E-state index in [1.54, 1.807) is 10.6 Å². The topological polar surface area (TPSA) is 46.9 Å². The highest BCUT2D eigenvalue weighted by Gasteiger charge is 2.13. The van der Waals surface area contributed by atoms with Crippen molar-refractivity contribution in [2.24, 2.45) is 0 Å². The minimum Gasteiger partial charge on any atom is -0.314 e. The van der Waals surface area contributed by atoms with Gasteiger partial charge in [0, 0.05) is 24.3 Å². The lowest BCUT2D eigenvalue weighted by atomic mass is 10.0. The summed E-state index contributed by atoms with van der Waals surface area (Å²) in [5, 5.41) is 3.50. The Hall–Kier alpha value is -1.16. The van der Waals surface area contributed by atoms with Crippen LogP contribution in [0.1, 0.15) is 37.2 Å². The van der Waals surface area contributed by atoms with Crippen molar-refractivity contribution in [1.82, 2.24) is 14.9 Å². The van der Waals surface area contributed by atoms with E-state index >= 15 is 0 Å². The van der Waals surface area contributed by atoms with E-state index in [2.05, 4.69) is 10.3 Å². The molecule has 1 saturated heterocycles. The van der Waals surface area contributed by atoms with Crippen molar-refractivity contribution in [3.05, 3.63) is 27.9 Å². The average Bonchev–Trinajstić information content (AvgIpc) is 2.29. The Bertz CT molecular complexity index is 433. The second kappa shape index (κ2) is 5.45. The van der Waals surface area contributed by atoms with Crippen LogP contribution in [-0.2, 0) is 6.54 Å². The first kappa shape index (κ1) is 12.3. The zero-order chi connectivity index (χ0) is 12.3. The van der Waals surface area contributed by atoms with Gasteiger partial charge in [-0.2, -0.15) is 0 Å². The van der Waals surface area contributed by atoms with Crippen LogP contribution in [0.4, 0.5) is 0 Å². The van der Waals surface area contributed by atoms with Crippen molar-refractivity contribution >= 4 is 0 Å². The standard InChI is InChI=1S/C13H21N3O/c1-10-9-13(17)16(11(2)15-10)8-6-12-5-3-4-7-14-12/h9,12,14H,3-8H2,1-2H3. The predicted molar refractivity (Wildman–Crippen MR) is 68.2 cm³/mol. The van der Waals surface area contributed by atoms with Crippen LogP contribution in [0.2, 0.25) is 0 Å². The molecule has 1 atom stereocenters. The van der Waals surface area contributed by atoms with E-state index in [0.717, 1.165) is 31.0 Å². The maximum Gasteiger partial charge on any atom is 0.253 e. The molecular formula is C13H21N3O. The number of hydrogen-bond donors (Lipinski definition) is 1. The molecule has 94 valence electrons. The van der Waals surface area contributed by atoms with Gasteiger partial charge < -0.3 is 5.32 Å². The molecule has 1 aromatic heterocycles. The number of aromatic nitrogens is 2. The molecule has 4 heteroatoms. The van der Waals surface area contributed by atoms with Crippen molar-refractivity contribution in [2.45, 2.75) is 52.1 Å². The molecule has 17 heavy (non-hydrogen) atoms. The number of piperidine rings is 1. The van der Waals surface area contributed by atoms with Gasteiger partial charge in [0.2, 0.25) is 0 Å². The second-order valence-corrected chi connectivity index (χ2v) is 4.87. The van der Waals surface area contributed by atoms with Gasteiger partial charge in [0.1, 0.15) is 5.82 Å². The maximum absolute atomic E-state index is 11.8. The lowest BCUT2D eigenvalue weighted by molar-refractivity contribution is 0.362. The third-order valence-electron chi connectivity index (χ3n) is 3.44. The van der Waals surface area contributed by atoms with E-state index in [0.29, 0.717) is 6.04 Å². The summed E-state index contributed by atoms with van der Waals surface area (Å²) in [5.74, 6) is 0.825. The molecule has 1 unspecified atom stereocenters. The molecule has 0 spiro atoms. The molecule has 0 saturated carbocycles. The largest absolute Gasteiger partial charge is 0.314 e. The predicted octanol–water partition coefficient (Wildman–Crippen LogP) is 1.39. The van der Waals surface area contributed by atoms with Gasteiger partial charge >= 0.3 is 0 Å². The molecule has 4 nitrogen and oxygen atoms in total. The van der Waals surface area contributed by atoms with Crippen LogP contribution >= 0.6 is 0 Å². The highest BCUT2D eigenvalue weighted by Crippen LogP contribution is 2.10. The van der Waals surface area contributed by atoms with Crippen molar-refractivity contribution in [3.63, 3.8) is 0 Å². The molecule has 1 fully saturated rings. The minimum absolute atomic E-state index is 0.0748. The van der Waals surface area contributed by atoms with E-state index in [1.165, 1.54) is 19.3 Å². The molecule has 2 heterocycles. The zero-order valence-electron chi connectivity index (χ0n) is 10.7. The van der Waals surface area contributed by atoms with Crippen LogP contribution in [0.15, 0.2) is 10.9 Å². The number of nitrogens with one attached hydrogen (secondary N) is 1. The van der Waals surface area contributed by atoms with E-state index < -0.39 is 0 Å². The quantitative estimate of drug-likeness (QED) is 0.861. The smallest absolute Gasteiger partial charge is 0.253 e. The van der Waals surface area contributed by atoms with Crippen molar-refractivity contribution in [1.29, 1.82) is 0 Å². The Balaban J connectivity index is 2.01. The molecule has 0 radical (unpaired) electrons. The summed E-state index contributed by atoms with van der Waals surface area (Å²) in [4.78, 5) is 16.2. The SMILES string of the molecule is Cc1cc(=O)n(CCC2CCCCN2)c(C)n1. The molecule has 0 bridgehead atoms. The van der Waals surface area contributed by atoms with Gasteiger partial charge in [-0.15, -0.1) is 0 Å². The molecule has 0 amide bonds. The van der Waals surface area contributed by atoms with E-state index in [9.17, 15) is 4.79 Å². The fraction of sp³-hybridized carbons (Fsp3) is 0.692. The highest BCUT2D eigenvalue weighted by atomic mass is 16.1. The van der Waals surface area contributed by atoms with Gasteiger partial charge in [0.15, 0.2) is 0 Å². The Kier molecular flexibility index (Phi) is 3.94. The first-order chi connectivity index (χ1) is 8.16. The van der Waals surface area contributed by atoms with Crippen molar-refractivity contribution < 1.29 is 0 Å². The van der Waals surface area contributed by atoms with Crippen LogP contribution in [0.5, 0.6) is 0 Å². The van der Waals surface area contributed by atoms with Crippen molar-refractivity contribution in [3.8, 4) is 0 Å². The summed E-state index contributed by atoms with van der Waals surface area (Å²) in [5.41, 5.74) is 0.880. The van der Waals surface area contributed by atoms with Crippen LogP contribution in [0, 0.1) is 13.8 Å². The Morgan fingerprint density at radius 1 is 1.47 bits per heavy atom. The number of hydrogen-bond acceptors (Lipinski definition) is 3. The van der Waals surface area contributed by atoms with Gasteiger partial charge in [0.25, 0.3) is 5.56 Å². The van der Waals surface area contributed by atoms with Crippen LogP contribution < -0.4 is 10.9 Å². The molecule has 0 aliphatic carbocycles. The molecule has 1 aliphatic rings. The number of aryl methyl sites for hydroxylation is 2. The van der Waals surface area contributed by atoms with Crippen molar-refractivity contribution in [2.75, 3.05) is 6.54 Å². The first-order valence-electron chi connectivity index (χ1n) is 6.45. The second-order valence-electron chi connectivity index (χ2n) is 4.87. The Morgan fingerprint density at radius 2 is 2.29 bits per heavy atom. The lowest BCUT2D eigenvalue weighted by Gasteiger charge is -2.23. The first-order valence-corrected chi connectivity index (χ1v) is 6.45. The number of nitrogens with zero attached hydrogens (tertiary/aromatic N) is 2. The normalized spacial score (nSPS) is 20.5. The molecule has 0 aromatic carbocycles. The molecule has 1 aliphatic heterocycles. The maximum atomic E-state index is 11.8. The summed E-state index contributed by atoms with van der Waals surface area (Å²) >= 11 is 0. The third kappa shape index (κ3) is 3.16. The van der Waals surface area contributed by atoms with Gasteiger partial charge in [-0.25, -0.2) is 4.98 Å². The van der Waals surface area contributed by atoms with Gasteiger partial charge in [0.05, 0.1) is 0 Å². The van der Waals surface area contributed by atoms with Crippen LogP contribution in [0.3, 0.4) is 0 Å². The van der Waals surface area contributed by atoms with E-state index in [1.807, 2.05) is 13.8 Å². The third-order valence-corrected chi connectivity index (χ3v) is 3.44. The number of rotatable bonds is 3. The summed E-state index contributed by atoms with van der Waals surface area (Å²) < 4.78 is 1.78. The fourth-order valence-corrected chi connectivity index (χ4v) is 2.49. The summed E-state index contributed by atoms with van der Waals surface area (Å²) in [6.07, 6.45) is 4.83. The van der Waals surface area contributed by atoms with E-state index in [4.69, 9.17) is 0 Å². The molecule has 1 aromatic rings. The van der Waals surface area contributed by atoms with Gasteiger partial charge in [-0.3, -0.25) is 9.36 Å². The Morgan fingerprint density at radius 3 is 2.94 bits per heavy atom. The van der Waals surface area contributed by atoms with Crippen LogP contribution in [-0.4, -0.2) is 22.1 Å². The monoisotopic (exact) mass is 235 g/mol.